The number of rotatable bonds is 6. The molecule has 31 heavy (non-hydrogen) atoms. The number of hydrogen-bond acceptors (Lipinski definition) is 6. The number of benzene rings is 2. The van der Waals surface area contributed by atoms with E-state index in [0.717, 1.165) is 49.2 Å². The molecule has 2 aromatic rings. The van der Waals surface area contributed by atoms with Crippen LogP contribution in [0.3, 0.4) is 0 Å². The van der Waals surface area contributed by atoms with Crippen LogP contribution in [-0.2, 0) is 11.2 Å². The standard InChI is InChI=1S/C24H28FNO5/c1-16-3-5-20(23(28)29-2)22(11-16)30-15-19(27)14-26-9-7-24(8-10-26)13-17-12-18(25)4-6-21(17)31-24/h3-6,11-12,19,27H,7-10,13-15H2,1-2H3/t19-/m0/s1. The minimum Gasteiger partial charge on any atom is -0.490 e. The predicted molar refractivity (Wildman–Crippen MR) is 113 cm³/mol. The van der Waals surface area contributed by atoms with Crippen molar-refractivity contribution < 1.29 is 28.5 Å². The maximum Gasteiger partial charge on any atom is 0.341 e. The summed E-state index contributed by atoms with van der Waals surface area (Å²) in [5.74, 6) is 0.489. The molecule has 1 saturated heterocycles. The number of carbonyl (C=O) groups is 1. The Morgan fingerprint density at radius 2 is 2.03 bits per heavy atom. The minimum atomic E-state index is -0.698. The number of halogens is 1. The summed E-state index contributed by atoms with van der Waals surface area (Å²) in [6, 6.07) is 9.95. The molecule has 0 amide bonds. The van der Waals surface area contributed by atoms with Crippen LogP contribution in [0.1, 0.15) is 34.3 Å². The lowest BCUT2D eigenvalue weighted by Gasteiger charge is -2.39. The van der Waals surface area contributed by atoms with Crippen LogP contribution in [0.25, 0.3) is 0 Å². The molecule has 1 spiro atoms. The minimum absolute atomic E-state index is 0.0797. The average molecular weight is 429 g/mol. The summed E-state index contributed by atoms with van der Waals surface area (Å²) in [7, 11) is 1.33. The van der Waals surface area contributed by atoms with Gasteiger partial charge in [-0.1, -0.05) is 6.07 Å². The molecule has 2 aliphatic rings. The average Bonchev–Trinajstić information content (AvgIpc) is 3.10. The highest BCUT2D eigenvalue weighted by molar-refractivity contribution is 5.92. The number of aliphatic hydroxyl groups is 1. The van der Waals surface area contributed by atoms with E-state index in [4.69, 9.17) is 14.2 Å². The zero-order chi connectivity index (χ0) is 22.0. The quantitative estimate of drug-likeness (QED) is 0.712. The van der Waals surface area contributed by atoms with Crippen molar-refractivity contribution in [1.82, 2.24) is 4.90 Å². The van der Waals surface area contributed by atoms with E-state index in [9.17, 15) is 14.3 Å². The molecule has 2 aliphatic heterocycles. The Morgan fingerprint density at radius 3 is 2.77 bits per heavy atom. The number of methoxy groups -OCH3 is 1. The fraction of sp³-hybridized carbons (Fsp3) is 0.458. The zero-order valence-electron chi connectivity index (χ0n) is 17.9. The maximum atomic E-state index is 13.5. The lowest BCUT2D eigenvalue weighted by Crippen LogP contribution is -2.49. The van der Waals surface area contributed by atoms with Crippen molar-refractivity contribution in [2.75, 3.05) is 33.4 Å². The van der Waals surface area contributed by atoms with Gasteiger partial charge >= 0.3 is 5.97 Å². The maximum absolute atomic E-state index is 13.5. The van der Waals surface area contributed by atoms with Gasteiger partial charge in [0.25, 0.3) is 0 Å². The molecule has 0 bridgehead atoms. The van der Waals surface area contributed by atoms with Crippen LogP contribution in [0.2, 0.25) is 0 Å². The number of piperidine rings is 1. The van der Waals surface area contributed by atoms with E-state index in [2.05, 4.69) is 4.90 Å². The number of aryl methyl sites for hydroxylation is 1. The summed E-state index contributed by atoms with van der Waals surface area (Å²) in [4.78, 5) is 14.1. The summed E-state index contributed by atoms with van der Waals surface area (Å²) in [6.07, 6.45) is 1.67. The largest absolute Gasteiger partial charge is 0.490 e. The van der Waals surface area contributed by atoms with Crippen molar-refractivity contribution in [1.29, 1.82) is 0 Å². The lowest BCUT2D eigenvalue weighted by atomic mass is 9.87. The second kappa shape index (κ2) is 8.85. The molecule has 4 rings (SSSR count). The molecule has 0 unspecified atom stereocenters. The summed E-state index contributed by atoms with van der Waals surface area (Å²) in [5.41, 5.74) is 1.96. The highest BCUT2D eigenvalue weighted by Gasteiger charge is 2.42. The molecule has 1 atom stereocenters. The summed E-state index contributed by atoms with van der Waals surface area (Å²) in [6.45, 7) is 4.02. The second-order valence-electron chi connectivity index (χ2n) is 8.47. The zero-order valence-corrected chi connectivity index (χ0v) is 17.9. The highest BCUT2D eigenvalue weighted by atomic mass is 19.1. The number of esters is 1. The third-order valence-electron chi connectivity index (χ3n) is 6.07. The third kappa shape index (κ3) is 4.83. The number of carbonyl (C=O) groups excluding carboxylic acids is 1. The van der Waals surface area contributed by atoms with E-state index >= 15 is 0 Å². The van der Waals surface area contributed by atoms with Crippen molar-refractivity contribution in [2.45, 2.75) is 37.9 Å². The Labute approximate surface area is 181 Å². The van der Waals surface area contributed by atoms with Crippen molar-refractivity contribution >= 4 is 5.97 Å². The van der Waals surface area contributed by atoms with Gasteiger partial charge in [-0.05, 0) is 42.8 Å². The number of nitrogens with zero attached hydrogens (tertiary/aromatic N) is 1. The van der Waals surface area contributed by atoms with Crippen LogP contribution in [0, 0.1) is 12.7 Å². The summed E-state index contributed by atoms with van der Waals surface area (Å²) in [5, 5.41) is 10.5. The molecule has 6 nitrogen and oxygen atoms in total. The van der Waals surface area contributed by atoms with Crippen molar-refractivity contribution in [2.24, 2.45) is 0 Å². The first-order chi connectivity index (χ1) is 14.9. The van der Waals surface area contributed by atoms with E-state index in [0.29, 0.717) is 17.9 Å². The van der Waals surface area contributed by atoms with E-state index in [1.54, 1.807) is 24.3 Å². The van der Waals surface area contributed by atoms with Crippen LogP contribution in [-0.4, -0.2) is 61.0 Å². The molecule has 2 aromatic carbocycles. The fourth-order valence-corrected chi connectivity index (χ4v) is 4.39. The molecular formula is C24H28FNO5. The number of hydrogen-bond donors (Lipinski definition) is 1. The van der Waals surface area contributed by atoms with Crippen LogP contribution in [0.15, 0.2) is 36.4 Å². The van der Waals surface area contributed by atoms with Crippen LogP contribution in [0.5, 0.6) is 11.5 Å². The SMILES string of the molecule is COC(=O)c1ccc(C)cc1OC[C@@H](O)CN1CCC2(CC1)Cc1cc(F)ccc1O2. The van der Waals surface area contributed by atoms with Gasteiger partial charge < -0.3 is 24.2 Å². The van der Waals surface area contributed by atoms with E-state index in [1.807, 2.05) is 13.0 Å². The first-order valence-corrected chi connectivity index (χ1v) is 10.6. The van der Waals surface area contributed by atoms with Gasteiger partial charge in [-0.3, -0.25) is 0 Å². The van der Waals surface area contributed by atoms with Gasteiger partial charge in [0.15, 0.2) is 0 Å². The molecule has 7 heteroatoms. The Balaban J connectivity index is 1.28. The van der Waals surface area contributed by atoms with Gasteiger partial charge in [-0.15, -0.1) is 0 Å². The van der Waals surface area contributed by atoms with Crippen molar-refractivity contribution in [3.8, 4) is 11.5 Å². The van der Waals surface area contributed by atoms with Gasteiger partial charge in [-0.2, -0.15) is 0 Å². The molecule has 0 saturated carbocycles. The van der Waals surface area contributed by atoms with Crippen LogP contribution in [0.4, 0.5) is 4.39 Å². The molecular weight excluding hydrogens is 401 g/mol. The number of aliphatic hydroxyl groups excluding tert-OH is 1. The van der Waals surface area contributed by atoms with Crippen LogP contribution < -0.4 is 9.47 Å². The van der Waals surface area contributed by atoms with Crippen molar-refractivity contribution in [3.05, 3.63) is 58.9 Å². The number of ether oxygens (including phenoxy) is 3. The third-order valence-corrected chi connectivity index (χ3v) is 6.07. The first kappa shape index (κ1) is 21.6. The van der Waals surface area contributed by atoms with Gasteiger partial charge in [0.1, 0.15) is 41.2 Å². The second-order valence-corrected chi connectivity index (χ2v) is 8.47. The van der Waals surface area contributed by atoms with E-state index in [-0.39, 0.29) is 18.0 Å². The number of fused-ring (bicyclic) bond motifs is 1. The Kier molecular flexibility index (Phi) is 6.16. The monoisotopic (exact) mass is 429 g/mol. The Hall–Kier alpha value is -2.64. The fourth-order valence-electron chi connectivity index (χ4n) is 4.39. The van der Waals surface area contributed by atoms with Gasteiger partial charge in [-0.25, -0.2) is 9.18 Å². The Bertz CT molecular complexity index is 955. The van der Waals surface area contributed by atoms with E-state index in [1.165, 1.54) is 13.2 Å². The molecule has 166 valence electrons. The topological polar surface area (TPSA) is 68.2 Å². The lowest BCUT2D eigenvalue weighted by molar-refractivity contribution is -0.00204. The smallest absolute Gasteiger partial charge is 0.341 e. The molecule has 0 aliphatic carbocycles. The molecule has 0 radical (unpaired) electrons. The molecule has 1 fully saturated rings. The van der Waals surface area contributed by atoms with E-state index < -0.39 is 12.1 Å². The van der Waals surface area contributed by atoms with Crippen molar-refractivity contribution in [3.63, 3.8) is 0 Å². The molecule has 2 heterocycles. The Morgan fingerprint density at radius 1 is 1.26 bits per heavy atom. The first-order valence-electron chi connectivity index (χ1n) is 10.6. The van der Waals surface area contributed by atoms with Gasteiger partial charge in [0, 0.05) is 44.5 Å². The summed E-state index contributed by atoms with van der Waals surface area (Å²) < 4.78 is 30.2. The highest BCUT2D eigenvalue weighted by Crippen LogP contribution is 2.41. The predicted octanol–water partition coefficient (Wildman–Crippen LogP) is 3.13. The molecule has 0 aromatic heterocycles. The van der Waals surface area contributed by atoms with Crippen LogP contribution >= 0.6 is 0 Å². The van der Waals surface area contributed by atoms with Gasteiger partial charge in [0.05, 0.1) is 7.11 Å². The normalized spacial score (nSPS) is 18.3. The molecule has 1 N–H and O–H groups in total. The van der Waals surface area contributed by atoms with Gasteiger partial charge in [0.2, 0.25) is 0 Å². The number of likely N-dealkylation sites (tertiary alicyclic amines) is 1. The number of β-amino-alcohol motifs (C(OH)–C–C–N with tert-alkyl or cyclic N) is 1. The summed E-state index contributed by atoms with van der Waals surface area (Å²) >= 11 is 0.